The number of halogens is 1. The van der Waals surface area contributed by atoms with Gasteiger partial charge in [0.1, 0.15) is 5.92 Å². The number of urea groups is 1. The van der Waals surface area contributed by atoms with E-state index in [4.69, 9.17) is 21.1 Å². The third-order valence-corrected chi connectivity index (χ3v) is 4.97. The second-order valence-electron chi connectivity index (χ2n) is 6.40. The number of nitrogens with zero attached hydrogens (tertiary/aromatic N) is 1. The van der Waals surface area contributed by atoms with Crippen LogP contribution in [0.25, 0.3) is 0 Å². The molecule has 0 aromatic heterocycles. The van der Waals surface area contributed by atoms with Gasteiger partial charge in [-0.05, 0) is 36.8 Å². The number of ether oxygens (including phenoxy) is 2. The first-order valence-corrected chi connectivity index (χ1v) is 9.14. The summed E-state index contributed by atoms with van der Waals surface area (Å²) in [5.41, 5.74) is 1.60. The van der Waals surface area contributed by atoms with Gasteiger partial charge >= 0.3 is 6.03 Å². The number of hydrogen-bond donors (Lipinski definition) is 2. The van der Waals surface area contributed by atoms with E-state index in [0.717, 1.165) is 10.5 Å². The van der Waals surface area contributed by atoms with E-state index in [1.807, 2.05) is 6.92 Å². The van der Waals surface area contributed by atoms with Gasteiger partial charge in [-0.1, -0.05) is 17.7 Å². The molecule has 0 bridgehead atoms. The first-order valence-electron chi connectivity index (χ1n) is 8.76. The Morgan fingerprint density at radius 1 is 1.14 bits per heavy atom. The first-order chi connectivity index (χ1) is 13.8. The highest BCUT2D eigenvalue weighted by Crippen LogP contribution is 2.33. The molecule has 9 heteroatoms. The van der Waals surface area contributed by atoms with Gasteiger partial charge in [-0.2, -0.15) is 0 Å². The van der Waals surface area contributed by atoms with Crippen molar-refractivity contribution in [2.75, 3.05) is 31.0 Å². The Kier molecular flexibility index (Phi) is 5.93. The van der Waals surface area contributed by atoms with Crippen molar-refractivity contribution in [2.45, 2.75) is 6.92 Å². The van der Waals surface area contributed by atoms with Crippen molar-refractivity contribution >= 4 is 40.8 Å². The fourth-order valence-electron chi connectivity index (χ4n) is 2.92. The molecule has 2 aromatic carbocycles. The second-order valence-corrected chi connectivity index (χ2v) is 6.81. The van der Waals surface area contributed by atoms with Gasteiger partial charge < -0.3 is 20.1 Å². The van der Waals surface area contributed by atoms with Crippen molar-refractivity contribution in [1.82, 2.24) is 5.32 Å². The third kappa shape index (κ3) is 4.12. The molecule has 0 radical (unpaired) electrons. The summed E-state index contributed by atoms with van der Waals surface area (Å²) in [6, 6.07) is 9.05. The van der Waals surface area contributed by atoms with Crippen LogP contribution >= 0.6 is 11.6 Å². The van der Waals surface area contributed by atoms with Gasteiger partial charge in [-0.25, -0.2) is 9.69 Å². The minimum atomic E-state index is -1.10. The number of amides is 4. The number of carbonyl (C=O) groups is 3. The molecule has 0 saturated carbocycles. The van der Waals surface area contributed by atoms with Crippen LogP contribution in [0.3, 0.4) is 0 Å². The van der Waals surface area contributed by atoms with E-state index in [2.05, 4.69) is 10.6 Å². The predicted octanol–water partition coefficient (Wildman–Crippen LogP) is 2.98. The van der Waals surface area contributed by atoms with Crippen molar-refractivity contribution < 1.29 is 23.9 Å². The zero-order valence-corrected chi connectivity index (χ0v) is 16.9. The number of carbonyl (C=O) groups excluding carboxylic acids is 3. The molecular weight excluding hydrogens is 398 g/mol. The Morgan fingerprint density at radius 2 is 1.86 bits per heavy atom. The minimum Gasteiger partial charge on any atom is -0.493 e. The minimum absolute atomic E-state index is 0.104. The molecule has 1 fully saturated rings. The predicted molar refractivity (Wildman–Crippen MR) is 109 cm³/mol. The second kappa shape index (κ2) is 8.40. The van der Waals surface area contributed by atoms with Crippen LogP contribution < -0.4 is 25.0 Å². The van der Waals surface area contributed by atoms with Crippen LogP contribution in [0.5, 0.6) is 11.5 Å². The molecule has 0 aliphatic carbocycles. The van der Waals surface area contributed by atoms with Gasteiger partial charge in [0.2, 0.25) is 11.8 Å². The van der Waals surface area contributed by atoms with Crippen molar-refractivity contribution in [3.05, 3.63) is 47.0 Å². The summed E-state index contributed by atoms with van der Waals surface area (Å²) >= 11 is 6.08. The smallest absolute Gasteiger partial charge is 0.328 e. The molecule has 1 saturated heterocycles. The molecule has 1 atom stereocenters. The van der Waals surface area contributed by atoms with Gasteiger partial charge in [0.05, 0.1) is 19.9 Å². The molecule has 8 nitrogen and oxygen atoms in total. The van der Waals surface area contributed by atoms with Crippen LogP contribution in [0, 0.1) is 12.8 Å². The van der Waals surface area contributed by atoms with E-state index in [0.29, 0.717) is 22.2 Å². The van der Waals surface area contributed by atoms with E-state index in [1.165, 1.54) is 20.3 Å². The Bertz CT molecular complexity index is 979. The van der Waals surface area contributed by atoms with Crippen LogP contribution in [-0.4, -0.2) is 38.6 Å². The molecule has 1 unspecified atom stereocenters. The maximum absolute atomic E-state index is 12.9. The molecular formula is C20H20ClN3O5. The Hall–Kier alpha value is -3.26. The molecule has 29 heavy (non-hydrogen) atoms. The summed E-state index contributed by atoms with van der Waals surface area (Å²) in [4.78, 5) is 38.9. The molecule has 1 aliphatic rings. The maximum atomic E-state index is 12.9. The molecule has 1 aliphatic heterocycles. The Labute approximate surface area is 172 Å². The monoisotopic (exact) mass is 417 g/mol. The number of benzene rings is 2. The first kappa shape index (κ1) is 20.5. The number of anilines is 2. The van der Waals surface area contributed by atoms with Crippen LogP contribution in [0.15, 0.2) is 36.4 Å². The fraction of sp³-hybridized carbons (Fsp3) is 0.250. The fourth-order valence-corrected chi connectivity index (χ4v) is 3.11. The summed E-state index contributed by atoms with van der Waals surface area (Å²) in [7, 11) is 2.93. The van der Waals surface area contributed by atoms with Crippen molar-refractivity contribution in [2.24, 2.45) is 5.92 Å². The van der Waals surface area contributed by atoms with Crippen LogP contribution in [0.4, 0.5) is 16.2 Å². The lowest BCUT2D eigenvalue weighted by Gasteiger charge is -2.31. The van der Waals surface area contributed by atoms with Crippen LogP contribution in [-0.2, 0) is 9.59 Å². The SMILES string of the molecule is COc1ccc(N2C(=O)NCC(C(=O)Nc3ccc(C)c(Cl)c3)C2=O)cc1OC. The van der Waals surface area contributed by atoms with Crippen LogP contribution in [0.1, 0.15) is 5.56 Å². The van der Waals surface area contributed by atoms with E-state index in [1.54, 1.807) is 30.3 Å². The van der Waals surface area contributed by atoms with E-state index in [-0.39, 0.29) is 12.2 Å². The normalized spacial score (nSPS) is 16.3. The topological polar surface area (TPSA) is 97.0 Å². The number of imide groups is 1. The van der Waals surface area contributed by atoms with Crippen molar-refractivity contribution in [1.29, 1.82) is 0 Å². The zero-order chi connectivity index (χ0) is 21.1. The molecule has 3 rings (SSSR count). The number of rotatable bonds is 5. The van der Waals surface area contributed by atoms with Crippen LogP contribution in [0.2, 0.25) is 5.02 Å². The number of methoxy groups -OCH3 is 2. The largest absolute Gasteiger partial charge is 0.493 e. The summed E-state index contributed by atoms with van der Waals surface area (Å²) < 4.78 is 10.4. The molecule has 2 N–H and O–H groups in total. The summed E-state index contributed by atoms with van der Waals surface area (Å²) in [6.07, 6.45) is 0. The molecule has 1 heterocycles. The zero-order valence-electron chi connectivity index (χ0n) is 16.1. The van der Waals surface area contributed by atoms with Gasteiger partial charge in [0.25, 0.3) is 0 Å². The molecule has 0 spiro atoms. The molecule has 2 aromatic rings. The summed E-state index contributed by atoms with van der Waals surface area (Å²) in [6.45, 7) is 1.74. The van der Waals surface area contributed by atoms with Gasteiger partial charge in [-0.3, -0.25) is 9.59 Å². The average Bonchev–Trinajstić information content (AvgIpc) is 2.70. The molecule has 4 amide bonds. The lowest BCUT2D eigenvalue weighted by atomic mass is 10.0. The Balaban J connectivity index is 1.84. The van der Waals surface area contributed by atoms with E-state index >= 15 is 0 Å². The van der Waals surface area contributed by atoms with Crippen molar-refractivity contribution in [3.8, 4) is 11.5 Å². The standard InChI is InChI=1S/C20H20ClN3O5/c1-11-4-5-12(8-15(11)21)23-18(25)14-10-22-20(27)24(19(14)26)13-6-7-16(28-2)17(9-13)29-3/h4-9,14H,10H2,1-3H3,(H,22,27)(H,23,25). The number of nitrogens with one attached hydrogen (secondary N) is 2. The number of aryl methyl sites for hydroxylation is 1. The van der Waals surface area contributed by atoms with Gasteiger partial charge in [-0.15, -0.1) is 0 Å². The van der Waals surface area contributed by atoms with Gasteiger partial charge in [0.15, 0.2) is 11.5 Å². The lowest BCUT2D eigenvalue weighted by Crippen LogP contribution is -2.58. The summed E-state index contributed by atoms with van der Waals surface area (Å²) in [5, 5.41) is 5.74. The van der Waals surface area contributed by atoms with Gasteiger partial charge in [0, 0.05) is 23.3 Å². The van der Waals surface area contributed by atoms with Crippen molar-refractivity contribution in [3.63, 3.8) is 0 Å². The lowest BCUT2D eigenvalue weighted by molar-refractivity contribution is -0.130. The maximum Gasteiger partial charge on any atom is 0.328 e. The summed E-state index contributed by atoms with van der Waals surface area (Å²) in [5.74, 6) is -1.48. The average molecular weight is 418 g/mol. The van der Waals surface area contributed by atoms with E-state index < -0.39 is 23.8 Å². The number of hydrogen-bond acceptors (Lipinski definition) is 5. The highest BCUT2D eigenvalue weighted by atomic mass is 35.5. The van der Waals surface area contributed by atoms with E-state index in [9.17, 15) is 14.4 Å². The Morgan fingerprint density at radius 3 is 2.52 bits per heavy atom. The molecule has 152 valence electrons. The third-order valence-electron chi connectivity index (χ3n) is 4.56. The highest BCUT2D eigenvalue weighted by molar-refractivity contribution is 6.31. The highest BCUT2D eigenvalue weighted by Gasteiger charge is 2.39. The quantitative estimate of drug-likeness (QED) is 0.729.